The molecule has 2 rings (SSSR count). The number of fused-ring (bicyclic) bond motifs is 1. The highest BCUT2D eigenvalue weighted by molar-refractivity contribution is 5.97. The third-order valence-corrected chi connectivity index (χ3v) is 1.47. The smallest absolute Gasteiger partial charge is 0.185 e. The summed E-state index contributed by atoms with van der Waals surface area (Å²) in [5.41, 5.74) is 1.36. The molecule has 1 aliphatic rings. The van der Waals surface area contributed by atoms with Crippen LogP contribution in [0.3, 0.4) is 0 Å². The van der Waals surface area contributed by atoms with E-state index in [1.807, 2.05) is 0 Å². The molecule has 1 aliphatic carbocycles. The van der Waals surface area contributed by atoms with Crippen LogP contribution < -0.4 is 0 Å². The Bertz CT molecular complexity index is 252. The van der Waals surface area contributed by atoms with Crippen molar-refractivity contribution in [3.8, 4) is 0 Å². The Kier molecular flexibility index (Phi) is 0.726. The van der Waals surface area contributed by atoms with E-state index < -0.39 is 0 Å². The van der Waals surface area contributed by atoms with Gasteiger partial charge in [-0.05, 0) is 0 Å². The summed E-state index contributed by atoms with van der Waals surface area (Å²) in [5, 5.41) is 9.89. The molecular formula is C5H5N3O. The fraction of sp³-hybridized carbons (Fsp3) is 0.400. The minimum absolute atomic E-state index is 0.110. The number of carbonyl (C=O) groups excluding carboxylic acids is 1. The molecular weight excluding hydrogens is 118 g/mol. The van der Waals surface area contributed by atoms with Crippen molar-refractivity contribution in [2.45, 2.75) is 12.8 Å². The Balaban J connectivity index is 2.61. The van der Waals surface area contributed by atoms with E-state index in [4.69, 9.17) is 0 Å². The molecule has 46 valence electrons. The van der Waals surface area contributed by atoms with Gasteiger partial charge in [0.05, 0.1) is 5.69 Å². The maximum Gasteiger partial charge on any atom is 0.185 e. The van der Waals surface area contributed by atoms with Gasteiger partial charge < -0.3 is 0 Å². The average Bonchev–Trinajstić information content (AvgIpc) is 2.35. The Labute approximate surface area is 51.3 Å². The van der Waals surface area contributed by atoms with Gasteiger partial charge in [-0.2, -0.15) is 15.4 Å². The van der Waals surface area contributed by atoms with E-state index in [1.165, 1.54) is 0 Å². The largest absolute Gasteiger partial charge is 0.292 e. The number of nitrogens with zero attached hydrogens (tertiary/aromatic N) is 2. The quantitative estimate of drug-likeness (QED) is 0.525. The Hall–Kier alpha value is -1.19. The van der Waals surface area contributed by atoms with Gasteiger partial charge in [-0.25, -0.2) is 0 Å². The van der Waals surface area contributed by atoms with Gasteiger partial charge in [0, 0.05) is 12.8 Å². The van der Waals surface area contributed by atoms with Crippen LogP contribution in [0.25, 0.3) is 0 Å². The van der Waals surface area contributed by atoms with Crippen LogP contribution in [0, 0.1) is 0 Å². The molecule has 0 amide bonds. The Morgan fingerprint density at radius 2 is 2.22 bits per heavy atom. The molecule has 1 aromatic heterocycles. The third kappa shape index (κ3) is 0.497. The lowest BCUT2D eigenvalue weighted by Gasteiger charge is -1.76. The molecule has 0 aliphatic heterocycles. The molecule has 0 bridgehead atoms. The number of carbonyl (C=O) groups is 1. The van der Waals surface area contributed by atoms with Gasteiger partial charge in [-0.3, -0.25) is 4.79 Å². The molecule has 1 aromatic rings. The molecule has 1 heterocycles. The van der Waals surface area contributed by atoms with E-state index >= 15 is 0 Å². The number of H-pyrrole nitrogens is 1. The van der Waals surface area contributed by atoms with Crippen molar-refractivity contribution < 1.29 is 4.79 Å². The summed E-state index contributed by atoms with van der Waals surface area (Å²) in [4.78, 5) is 10.8. The predicted molar refractivity (Wildman–Crippen MR) is 29.0 cm³/mol. The van der Waals surface area contributed by atoms with Crippen molar-refractivity contribution >= 4 is 5.78 Å². The molecule has 9 heavy (non-hydrogen) atoms. The number of ketones is 1. The summed E-state index contributed by atoms with van der Waals surface area (Å²) >= 11 is 0. The molecule has 0 aromatic carbocycles. The van der Waals surface area contributed by atoms with Gasteiger partial charge in [0.2, 0.25) is 0 Å². The summed E-state index contributed by atoms with van der Waals surface area (Å²) in [6.45, 7) is 0. The highest BCUT2D eigenvalue weighted by atomic mass is 16.1. The molecule has 0 radical (unpaired) electrons. The summed E-state index contributed by atoms with van der Waals surface area (Å²) in [6, 6.07) is 0. The maximum absolute atomic E-state index is 10.8. The van der Waals surface area contributed by atoms with Gasteiger partial charge in [-0.1, -0.05) is 0 Å². The van der Waals surface area contributed by atoms with Crippen LogP contribution in [0.2, 0.25) is 0 Å². The first-order valence-electron chi connectivity index (χ1n) is 2.81. The van der Waals surface area contributed by atoms with E-state index in [1.54, 1.807) is 0 Å². The summed E-state index contributed by atoms with van der Waals surface area (Å²) in [6.07, 6.45) is 1.34. The average molecular weight is 123 g/mol. The topological polar surface area (TPSA) is 58.6 Å². The number of rotatable bonds is 0. The highest BCUT2D eigenvalue weighted by Gasteiger charge is 2.22. The van der Waals surface area contributed by atoms with Gasteiger partial charge in [-0.15, -0.1) is 0 Å². The lowest BCUT2D eigenvalue weighted by Crippen LogP contribution is -1.91. The predicted octanol–water partition coefficient (Wildman–Crippen LogP) is -0.0664. The van der Waals surface area contributed by atoms with Crippen LogP contribution in [0.15, 0.2) is 0 Å². The number of nitrogens with one attached hydrogen (secondary N) is 1. The van der Waals surface area contributed by atoms with Crippen LogP contribution in [-0.2, 0) is 6.42 Å². The van der Waals surface area contributed by atoms with Crippen molar-refractivity contribution in [3.63, 3.8) is 0 Å². The highest BCUT2D eigenvalue weighted by Crippen LogP contribution is 2.15. The first-order valence-corrected chi connectivity index (χ1v) is 2.81. The Morgan fingerprint density at radius 1 is 1.33 bits per heavy atom. The van der Waals surface area contributed by atoms with Crippen LogP contribution in [0.1, 0.15) is 22.6 Å². The molecule has 0 spiro atoms. The van der Waals surface area contributed by atoms with E-state index in [0.29, 0.717) is 12.1 Å². The molecule has 4 heteroatoms. The van der Waals surface area contributed by atoms with Gasteiger partial charge in [0.1, 0.15) is 0 Å². The van der Waals surface area contributed by atoms with Gasteiger partial charge in [0.15, 0.2) is 11.5 Å². The maximum atomic E-state index is 10.8. The molecule has 0 saturated heterocycles. The number of hydrogen-bond donors (Lipinski definition) is 1. The number of hydrogen-bond acceptors (Lipinski definition) is 3. The van der Waals surface area contributed by atoms with Crippen molar-refractivity contribution in [2.24, 2.45) is 0 Å². The first kappa shape index (κ1) is 4.67. The second-order valence-corrected chi connectivity index (χ2v) is 2.04. The molecule has 1 N–H and O–H groups in total. The van der Waals surface area contributed by atoms with Crippen molar-refractivity contribution in [1.82, 2.24) is 15.4 Å². The van der Waals surface area contributed by atoms with Crippen LogP contribution >= 0.6 is 0 Å². The fourth-order valence-electron chi connectivity index (χ4n) is 1.00. The first-order chi connectivity index (χ1) is 4.38. The van der Waals surface area contributed by atoms with Crippen molar-refractivity contribution in [3.05, 3.63) is 11.4 Å². The molecule has 0 fully saturated rings. The number of aryl methyl sites for hydroxylation is 1. The summed E-state index contributed by atoms with van der Waals surface area (Å²) < 4.78 is 0. The second kappa shape index (κ2) is 1.40. The second-order valence-electron chi connectivity index (χ2n) is 2.04. The SMILES string of the molecule is O=C1CCc2n[nH]nc21. The summed E-state index contributed by atoms with van der Waals surface area (Å²) in [5.74, 6) is 0.110. The molecule has 0 atom stereocenters. The Morgan fingerprint density at radius 3 is 3.00 bits per heavy atom. The van der Waals surface area contributed by atoms with Crippen LogP contribution in [0.5, 0.6) is 0 Å². The zero-order valence-corrected chi connectivity index (χ0v) is 4.72. The third-order valence-electron chi connectivity index (χ3n) is 1.47. The molecule has 0 unspecified atom stereocenters. The minimum Gasteiger partial charge on any atom is -0.292 e. The number of Topliss-reactive ketones (excluding diaryl/α,β-unsaturated/α-hetero) is 1. The van der Waals surface area contributed by atoms with E-state index in [9.17, 15) is 4.79 Å². The molecule has 0 saturated carbocycles. The zero-order chi connectivity index (χ0) is 6.27. The van der Waals surface area contributed by atoms with E-state index in [2.05, 4.69) is 15.4 Å². The standard InChI is InChI=1S/C5H5N3O/c9-4-2-1-3-5(4)7-8-6-3/h1-2H2,(H,6,7,8). The fourth-order valence-corrected chi connectivity index (χ4v) is 1.00. The number of aromatic nitrogens is 3. The van der Waals surface area contributed by atoms with E-state index in [0.717, 1.165) is 12.1 Å². The van der Waals surface area contributed by atoms with Crippen LogP contribution in [0.4, 0.5) is 0 Å². The van der Waals surface area contributed by atoms with Gasteiger partial charge in [0.25, 0.3) is 0 Å². The van der Waals surface area contributed by atoms with Crippen LogP contribution in [-0.4, -0.2) is 21.2 Å². The van der Waals surface area contributed by atoms with Gasteiger partial charge >= 0.3 is 0 Å². The van der Waals surface area contributed by atoms with Crippen molar-refractivity contribution in [1.29, 1.82) is 0 Å². The monoisotopic (exact) mass is 123 g/mol. The molecule has 4 nitrogen and oxygen atoms in total. The zero-order valence-electron chi connectivity index (χ0n) is 4.72. The lowest BCUT2D eigenvalue weighted by atomic mass is 10.3. The normalized spacial score (nSPS) is 16.2. The number of aromatic amines is 1. The van der Waals surface area contributed by atoms with E-state index in [-0.39, 0.29) is 5.78 Å². The summed E-state index contributed by atoms with van der Waals surface area (Å²) in [7, 11) is 0. The lowest BCUT2D eigenvalue weighted by molar-refractivity contribution is 0.0989. The van der Waals surface area contributed by atoms with Crippen molar-refractivity contribution in [2.75, 3.05) is 0 Å². The minimum atomic E-state index is 0.110.